The van der Waals surface area contributed by atoms with Gasteiger partial charge in [-0.1, -0.05) is 12.1 Å². The average molecular weight is 265 g/mol. The second kappa shape index (κ2) is 7.38. The summed E-state index contributed by atoms with van der Waals surface area (Å²) in [5, 5.41) is 16.9. The molecular weight excluding hydrogens is 246 g/mol. The minimum Gasteiger partial charge on any atom is -0.481 e. The molecule has 0 aliphatic rings. The molecule has 0 radical (unpaired) electrons. The van der Waals surface area contributed by atoms with Gasteiger partial charge in [0.25, 0.3) is 0 Å². The molecule has 4 N–H and O–H groups in total. The first-order valence-electron chi connectivity index (χ1n) is 6.04. The second-order valence-electron chi connectivity index (χ2n) is 4.33. The van der Waals surface area contributed by atoms with E-state index in [1.807, 2.05) is 25.2 Å². The summed E-state index contributed by atoms with van der Waals surface area (Å²) < 4.78 is 0. The Hall–Kier alpha value is -2.08. The standard InChI is InChI=1S/C13H19N3O3/c1-9(6-12(17)18)15-13(19)16-11-5-3-4-10(7-11)8-14-2/h3-5,7,9,14H,6,8H2,1-2H3,(H,17,18)(H2,15,16,19). The van der Waals surface area contributed by atoms with Crippen LogP contribution < -0.4 is 16.0 Å². The fraction of sp³-hybridized carbons (Fsp3) is 0.385. The van der Waals surface area contributed by atoms with Gasteiger partial charge >= 0.3 is 12.0 Å². The van der Waals surface area contributed by atoms with Crippen LogP contribution in [-0.4, -0.2) is 30.2 Å². The number of hydrogen-bond donors (Lipinski definition) is 4. The van der Waals surface area contributed by atoms with Gasteiger partial charge in [0.1, 0.15) is 0 Å². The van der Waals surface area contributed by atoms with Crippen LogP contribution in [0.15, 0.2) is 24.3 Å². The molecule has 0 aliphatic carbocycles. The third-order valence-corrected chi connectivity index (χ3v) is 2.42. The molecule has 0 bridgehead atoms. The van der Waals surface area contributed by atoms with Gasteiger partial charge < -0.3 is 21.1 Å². The molecule has 0 spiro atoms. The lowest BCUT2D eigenvalue weighted by Gasteiger charge is -2.13. The van der Waals surface area contributed by atoms with Gasteiger partial charge in [0.15, 0.2) is 0 Å². The van der Waals surface area contributed by atoms with Gasteiger partial charge in [0.2, 0.25) is 0 Å². The summed E-state index contributed by atoms with van der Waals surface area (Å²) in [5.41, 5.74) is 1.73. The smallest absolute Gasteiger partial charge is 0.319 e. The lowest BCUT2D eigenvalue weighted by Crippen LogP contribution is -2.37. The van der Waals surface area contributed by atoms with Crippen molar-refractivity contribution in [3.63, 3.8) is 0 Å². The number of urea groups is 1. The number of anilines is 1. The summed E-state index contributed by atoms with van der Waals surface area (Å²) in [7, 11) is 1.85. The number of carbonyl (C=O) groups excluding carboxylic acids is 1. The van der Waals surface area contributed by atoms with E-state index in [4.69, 9.17) is 5.11 Å². The van der Waals surface area contributed by atoms with Gasteiger partial charge in [-0.25, -0.2) is 4.79 Å². The largest absolute Gasteiger partial charge is 0.481 e. The summed E-state index contributed by atoms with van der Waals surface area (Å²) in [6.07, 6.45) is -0.104. The molecule has 1 atom stereocenters. The Bertz CT molecular complexity index is 449. The Morgan fingerprint density at radius 1 is 1.37 bits per heavy atom. The minimum absolute atomic E-state index is 0.104. The number of carboxylic acids is 1. The van der Waals surface area contributed by atoms with E-state index in [1.165, 1.54) is 0 Å². The monoisotopic (exact) mass is 265 g/mol. The van der Waals surface area contributed by atoms with Crippen molar-refractivity contribution >= 4 is 17.7 Å². The first-order valence-corrected chi connectivity index (χ1v) is 6.04. The lowest BCUT2D eigenvalue weighted by atomic mass is 10.2. The van der Waals surface area contributed by atoms with E-state index in [0.29, 0.717) is 12.2 Å². The van der Waals surface area contributed by atoms with Crippen LogP contribution in [0.4, 0.5) is 10.5 Å². The van der Waals surface area contributed by atoms with Crippen LogP contribution in [0.3, 0.4) is 0 Å². The van der Waals surface area contributed by atoms with Crippen LogP contribution in [-0.2, 0) is 11.3 Å². The number of carboxylic acid groups (broad SMARTS) is 1. The Labute approximate surface area is 112 Å². The van der Waals surface area contributed by atoms with Gasteiger partial charge in [0.05, 0.1) is 6.42 Å². The van der Waals surface area contributed by atoms with E-state index in [9.17, 15) is 9.59 Å². The zero-order valence-corrected chi connectivity index (χ0v) is 11.1. The molecule has 2 amide bonds. The molecular formula is C13H19N3O3. The minimum atomic E-state index is -0.941. The van der Waals surface area contributed by atoms with Crippen molar-refractivity contribution in [3.05, 3.63) is 29.8 Å². The molecule has 0 aliphatic heterocycles. The number of rotatable bonds is 6. The highest BCUT2D eigenvalue weighted by molar-refractivity contribution is 5.89. The molecule has 1 aromatic carbocycles. The van der Waals surface area contributed by atoms with Crippen molar-refractivity contribution in [3.8, 4) is 0 Å². The molecule has 19 heavy (non-hydrogen) atoms. The molecule has 6 heteroatoms. The molecule has 0 saturated carbocycles. The molecule has 1 unspecified atom stereocenters. The Kier molecular flexibility index (Phi) is 5.81. The number of hydrogen-bond acceptors (Lipinski definition) is 3. The SMILES string of the molecule is CNCc1cccc(NC(=O)NC(C)CC(=O)O)c1. The second-order valence-corrected chi connectivity index (χ2v) is 4.33. The lowest BCUT2D eigenvalue weighted by molar-refractivity contribution is -0.137. The predicted octanol–water partition coefficient (Wildman–Crippen LogP) is 1.39. The maximum Gasteiger partial charge on any atom is 0.319 e. The van der Waals surface area contributed by atoms with Crippen LogP contribution in [0.1, 0.15) is 18.9 Å². The van der Waals surface area contributed by atoms with E-state index in [1.54, 1.807) is 13.0 Å². The van der Waals surface area contributed by atoms with Gasteiger partial charge in [-0.05, 0) is 31.7 Å². The molecule has 1 rings (SSSR count). The number of aliphatic carboxylic acids is 1. The van der Waals surface area contributed by atoms with E-state index < -0.39 is 18.0 Å². The van der Waals surface area contributed by atoms with Crippen LogP contribution in [0.2, 0.25) is 0 Å². The molecule has 104 valence electrons. The van der Waals surface area contributed by atoms with Crippen molar-refractivity contribution in [1.29, 1.82) is 0 Å². The van der Waals surface area contributed by atoms with Crippen molar-refractivity contribution in [2.24, 2.45) is 0 Å². The summed E-state index contributed by atoms with van der Waals surface area (Å²) >= 11 is 0. The highest BCUT2D eigenvalue weighted by Crippen LogP contribution is 2.10. The zero-order valence-electron chi connectivity index (χ0n) is 11.1. The van der Waals surface area contributed by atoms with E-state index in [2.05, 4.69) is 16.0 Å². The molecule has 0 fully saturated rings. The molecule has 0 heterocycles. The summed E-state index contributed by atoms with van der Waals surface area (Å²) in [6.45, 7) is 2.36. The van der Waals surface area contributed by atoms with Crippen LogP contribution in [0.25, 0.3) is 0 Å². The Morgan fingerprint density at radius 2 is 2.11 bits per heavy atom. The van der Waals surface area contributed by atoms with Crippen LogP contribution in [0, 0.1) is 0 Å². The third kappa shape index (κ3) is 5.87. The van der Waals surface area contributed by atoms with E-state index >= 15 is 0 Å². The van der Waals surface area contributed by atoms with Gasteiger partial charge in [-0.15, -0.1) is 0 Å². The normalized spacial score (nSPS) is 11.7. The Balaban J connectivity index is 2.52. The molecule has 6 nitrogen and oxygen atoms in total. The third-order valence-electron chi connectivity index (χ3n) is 2.42. The predicted molar refractivity (Wildman–Crippen MR) is 73.1 cm³/mol. The number of benzene rings is 1. The van der Waals surface area contributed by atoms with Crippen LogP contribution >= 0.6 is 0 Å². The van der Waals surface area contributed by atoms with Crippen LogP contribution in [0.5, 0.6) is 0 Å². The zero-order chi connectivity index (χ0) is 14.3. The van der Waals surface area contributed by atoms with Crippen molar-refractivity contribution in [2.45, 2.75) is 25.9 Å². The highest BCUT2D eigenvalue weighted by atomic mass is 16.4. The van der Waals surface area contributed by atoms with E-state index in [-0.39, 0.29) is 6.42 Å². The quantitative estimate of drug-likeness (QED) is 0.625. The first-order chi connectivity index (χ1) is 9.01. The molecule has 1 aromatic rings. The molecule has 0 aromatic heterocycles. The van der Waals surface area contributed by atoms with E-state index in [0.717, 1.165) is 5.56 Å². The summed E-state index contributed by atoms with van der Waals surface area (Å²) in [6, 6.07) is 6.61. The maximum atomic E-state index is 11.6. The first kappa shape index (κ1) is 15.0. The summed E-state index contributed by atoms with van der Waals surface area (Å²) in [5.74, 6) is -0.941. The molecule has 0 saturated heterocycles. The number of carbonyl (C=O) groups is 2. The van der Waals surface area contributed by atoms with Crippen molar-refractivity contribution in [1.82, 2.24) is 10.6 Å². The average Bonchev–Trinajstić information content (AvgIpc) is 2.28. The topological polar surface area (TPSA) is 90.5 Å². The summed E-state index contributed by atoms with van der Waals surface area (Å²) in [4.78, 5) is 22.1. The van der Waals surface area contributed by atoms with Gasteiger partial charge in [-0.2, -0.15) is 0 Å². The fourth-order valence-electron chi connectivity index (χ4n) is 1.67. The van der Waals surface area contributed by atoms with Gasteiger partial charge in [0, 0.05) is 18.3 Å². The fourth-order valence-corrected chi connectivity index (χ4v) is 1.67. The Morgan fingerprint density at radius 3 is 2.74 bits per heavy atom. The van der Waals surface area contributed by atoms with Crippen molar-refractivity contribution in [2.75, 3.05) is 12.4 Å². The van der Waals surface area contributed by atoms with Crippen molar-refractivity contribution < 1.29 is 14.7 Å². The highest BCUT2D eigenvalue weighted by Gasteiger charge is 2.10. The number of amides is 2. The maximum absolute atomic E-state index is 11.6. The van der Waals surface area contributed by atoms with Gasteiger partial charge in [-0.3, -0.25) is 4.79 Å². The number of nitrogens with one attached hydrogen (secondary N) is 3.